The highest BCUT2D eigenvalue weighted by atomic mass is 16.3. The molecule has 0 bridgehead atoms. The van der Waals surface area contributed by atoms with Crippen LogP contribution in [0.15, 0.2) is 241 Å². The lowest BCUT2D eigenvalue weighted by molar-refractivity contribution is 0.670. The molecule has 0 fully saturated rings. The first-order valence-corrected chi connectivity index (χ1v) is 21.9. The lowest BCUT2D eigenvalue weighted by Gasteiger charge is -2.28. The maximum atomic E-state index is 6.80. The molecule has 12 aromatic rings. The van der Waals surface area contributed by atoms with Gasteiger partial charge in [0.15, 0.2) is 0 Å². The molecule has 0 saturated carbocycles. The summed E-state index contributed by atoms with van der Waals surface area (Å²) in [5.74, 6) is 0. The average molecular weight is 819 g/mol. The summed E-state index contributed by atoms with van der Waals surface area (Å²) >= 11 is 0. The van der Waals surface area contributed by atoms with E-state index in [0.717, 1.165) is 55.8 Å². The number of hydrogen-bond acceptors (Lipinski definition) is 2. The fourth-order valence-corrected chi connectivity index (χ4v) is 9.72. The molecule has 0 atom stereocenters. The molecule has 2 heterocycles. The molecule has 0 aliphatic carbocycles. The molecule has 0 amide bonds. The molecular formula is C61H42N2O. The van der Waals surface area contributed by atoms with Crippen molar-refractivity contribution in [1.29, 1.82) is 0 Å². The van der Waals surface area contributed by atoms with Gasteiger partial charge in [-0.3, -0.25) is 0 Å². The lowest BCUT2D eigenvalue weighted by atomic mass is 9.93. The number of aryl methyl sites for hydroxylation is 1. The Bertz CT molecular complexity index is 3610. The Morgan fingerprint density at radius 1 is 0.344 bits per heavy atom. The highest BCUT2D eigenvalue weighted by Crippen LogP contribution is 2.46. The molecule has 10 aromatic carbocycles. The van der Waals surface area contributed by atoms with Crippen LogP contribution in [0, 0.1) is 6.92 Å². The first-order valence-electron chi connectivity index (χ1n) is 21.9. The molecule has 0 N–H and O–H groups in total. The average Bonchev–Trinajstić information content (AvgIpc) is 3.91. The Balaban J connectivity index is 1.08. The fourth-order valence-electron chi connectivity index (χ4n) is 9.72. The molecule has 3 heteroatoms. The van der Waals surface area contributed by atoms with Crippen molar-refractivity contribution in [3.63, 3.8) is 0 Å². The van der Waals surface area contributed by atoms with Crippen LogP contribution >= 0.6 is 0 Å². The highest BCUT2D eigenvalue weighted by Gasteiger charge is 2.22. The van der Waals surface area contributed by atoms with Gasteiger partial charge in [0, 0.05) is 49.9 Å². The van der Waals surface area contributed by atoms with E-state index in [1.54, 1.807) is 0 Å². The summed E-state index contributed by atoms with van der Waals surface area (Å²) in [4.78, 5) is 2.42. The Hall–Kier alpha value is -8.40. The Morgan fingerprint density at radius 3 is 1.45 bits per heavy atom. The van der Waals surface area contributed by atoms with E-state index in [1.807, 2.05) is 0 Å². The third-order valence-corrected chi connectivity index (χ3v) is 12.7. The quantitative estimate of drug-likeness (QED) is 0.152. The third-order valence-electron chi connectivity index (χ3n) is 12.7. The topological polar surface area (TPSA) is 21.3 Å². The van der Waals surface area contributed by atoms with Crippen molar-refractivity contribution in [2.75, 3.05) is 4.90 Å². The second kappa shape index (κ2) is 15.5. The zero-order chi connectivity index (χ0) is 42.6. The van der Waals surface area contributed by atoms with Gasteiger partial charge in [-0.25, -0.2) is 0 Å². The van der Waals surface area contributed by atoms with Crippen LogP contribution in [0.2, 0.25) is 0 Å². The van der Waals surface area contributed by atoms with Gasteiger partial charge in [-0.15, -0.1) is 0 Å². The van der Waals surface area contributed by atoms with Crippen LogP contribution in [-0.4, -0.2) is 4.57 Å². The summed E-state index contributed by atoms with van der Waals surface area (Å²) < 4.78 is 9.17. The smallest absolute Gasteiger partial charge is 0.143 e. The van der Waals surface area contributed by atoms with Crippen LogP contribution in [0.3, 0.4) is 0 Å². The number of fused-ring (bicyclic) bond motifs is 6. The summed E-state index contributed by atoms with van der Waals surface area (Å²) in [6.07, 6.45) is 0. The van der Waals surface area contributed by atoms with E-state index >= 15 is 0 Å². The van der Waals surface area contributed by atoms with Gasteiger partial charge < -0.3 is 13.9 Å². The first-order chi connectivity index (χ1) is 31.7. The van der Waals surface area contributed by atoms with E-state index in [1.165, 1.54) is 60.8 Å². The number of para-hydroxylation sites is 3. The number of furan rings is 1. The lowest BCUT2D eigenvalue weighted by Crippen LogP contribution is -2.11. The van der Waals surface area contributed by atoms with Crippen molar-refractivity contribution in [1.82, 2.24) is 4.57 Å². The third kappa shape index (κ3) is 6.37. The Labute approximate surface area is 372 Å². The van der Waals surface area contributed by atoms with Crippen molar-refractivity contribution in [2.24, 2.45) is 0 Å². The largest absolute Gasteiger partial charge is 0.455 e. The molecule has 0 unspecified atom stereocenters. The van der Waals surface area contributed by atoms with Crippen LogP contribution in [-0.2, 0) is 0 Å². The molecule has 2 aromatic heterocycles. The normalized spacial score (nSPS) is 11.5. The summed E-state index contributed by atoms with van der Waals surface area (Å²) in [6.45, 7) is 2.22. The summed E-state index contributed by atoms with van der Waals surface area (Å²) in [7, 11) is 0. The molecule has 302 valence electrons. The summed E-state index contributed by atoms with van der Waals surface area (Å²) in [5.41, 5.74) is 18.8. The molecule has 64 heavy (non-hydrogen) atoms. The van der Waals surface area contributed by atoms with E-state index in [-0.39, 0.29) is 0 Å². The summed E-state index contributed by atoms with van der Waals surface area (Å²) in [6, 6.07) is 85.2. The van der Waals surface area contributed by atoms with Crippen LogP contribution < -0.4 is 4.90 Å². The Kier molecular flexibility index (Phi) is 9.05. The van der Waals surface area contributed by atoms with Gasteiger partial charge in [-0.2, -0.15) is 0 Å². The van der Waals surface area contributed by atoms with Crippen LogP contribution in [0.25, 0.3) is 93.9 Å². The van der Waals surface area contributed by atoms with Crippen molar-refractivity contribution >= 4 is 60.8 Å². The van der Waals surface area contributed by atoms with E-state index in [4.69, 9.17) is 4.42 Å². The van der Waals surface area contributed by atoms with Gasteiger partial charge in [0.25, 0.3) is 0 Å². The molecule has 0 radical (unpaired) electrons. The maximum absolute atomic E-state index is 6.80. The van der Waals surface area contributed by atoms with Gasteiger partial charge in [-0.05, 0) is 118 Å². The minimum atomic E-state index is 0.867. The maximum Gasteiger partial charge on any atom is 0.143 e. The highest BCUT2D eigenvalue weighted by molar-refractivity contribution is 6.12. The van der Waals surface area contributed by atoms with Gasteiger partial charge in [0.2, 0.25) is 0 Å². The van der Waals surface area contributed by atoms with Crippen molar-refractivity contribution < 1.29 is 4.42 Å². The second-order valence-corrected chi connectivity index (χ2v) is 16.5. The predicted molar refractivity (Wildman–Crippen MR) is 269 cm³/mol. The minimum absolute atomic E-state index is 0.867. The van der Waals surface area contributed by atoms with E-state index in [9.17, 15) is 0 Å². The van der Waals surface area contributed by atoms with Crippen molar-refractivity contribution in [2.45, 2.75) is 6.92 Å². The number of anilines is 3. The molecule has 3 nitrogen and oxygen atoms in total. The number of aromatic nitrogens is 1. The fraction of sp³-hybridized carbons (Fsp3) is 0.0164. The van der Waals surface area contributed by atoms with Crippen molar-refractivity contribution in [3.05, 3.63) is 242 Å². The van der Waals surface area contributed by atoms with Gasteiger partial charge in [0.1, 0.15) is 11.2 Å². The zero-order valence-corrected chi connectivity index (χ0v) is 35.3. The van der Waals surface area contributed by atoms with Gasteiger partial charge >= 0.3 is 0 Å². The first kappa shape index (κ1) is 37.4. The number of nitrogens with zero attached hydrogens (tertiary/aromatic N) is 2. The van der Waals surface area contributed by atoms with Gasteiger partial charge in [-0.1, -0.05) is 170 Å². The predicted octanol–water partition coefficient (Wildman–Crippen LogP) is 17.1. The molecule has 0 aliphatic rings. The van der Waals surface area contributed by atoms with E-state index in [2.05, 4.69) is 253 Å². The minimum Gasteiger partial charge on any atom is -0.455 e. The number of benzene rings is 10. The SMILES string of the molecule is Cc1cc(N(c2ccc(-c3ccccc3)c(-c3ccccc3)c2)c2cc(-c3ccc(-n4c5ccccc5c5ccccc54)cc3)c3oc4ccccc4c3c2)ccc1-c1ccccc1. The number of rotatable bonds is 8. The van der Waals surface area contributed by atoms with Crippen LogP contribution in [0.4, 0.5) is 17.1 Å². The number of hydrogen-bond donors (Lipinski definition) is 0. The van der Waals surface area contributed by atoms with E-state index < -0.39 is 0 Å². The van der Waals surface area contributed by atoms with Crippen molar-refractivity contribution in [3.8, 4) is 50.2 Å². The second-order valence-electron chi connectivity index (χ2n) is 16.5. The van der Waals surface area contributed by atoms with E-state index in [0.29, 0.717) is 0 Å². The monoisotopic (exact) mass is 818 g/mol. The summed E-state index contributed by atoms with van der Waals surface area (Å²) in [5, 5.41) is 4.65. The van der Waals surface area contributed by atoms with Gasteiger partial charge in [0.05, 0.1) is 11.0 Å². The molecule has 12 rings (SSSR count). The molecule has 0 saturated heterocycles. The Morgan fingerprint density at radius 2 is 0.828 bits per heavy atom. The molecule has 0 spiro atoms. The molecule has 0 aliphatic heterocycles. The zero-order valence-electron chi connectivity index (χ0n) is 35.3. The standard InChI is InChI=1S/C61H42N2O/c1-41-37-47(33-35-50(41)42-17-5-2-6-18-42)62(48-34-36-51(43-19-7-3-8-20-43)55(38-48)44-21-9-4-10-22-44)49-39-56(61-57(40-49)54-25-13-16-28-60(54)64-61)45-29-31-46(32-30-45)63-58-26-14-11-23-52(58)53-24-12-15-27-59(53)63/h2-40H,1H3. The van der Waals surface area contributed by atoms with Crippen LogP contribution in [0.1, 0.15) is 5.56 Å². The molecular weight excluding hydrogens is 777 g/mol. The van der Waals surface area contributed by atoms with Crippen LogP contribution in [0.5, 0.6) is 0 Å².